The highest BCUT2D eigenvalue weighted by Crippen LogP contribution is 2.34. The molecule has 0 aromatic heterocycles. The van der Waals surface area contributed by atoms with Crippen LogP contribution in [0.5, 0.6) is 0 Å². The molecule has 0 aliphatic carbocycles. The van der Waals surface area contributed by atoms with Gasteiger partial charge in [0.05, 0.1) is 10.0 Å². The number of hydrogen-bond donors (Lipinski definition) is 1. The van der Waals surface area contributed by atoms with Gasteiger partial charge >= 0.3 is 0 Å². The highest BCUT2D eigenvalue weighted by molar-refractivity contribution is 6.42. The molecule has 0 spiro atoms. The summed E-state index contributed by atoms with van der Waals surface area (Å²) in [4.78, 5) is 2.21. The zero-order valence-corrected chi connectivity index (χ0v) is 13.6. The fourth-order valence-corrected chi connectivity index (χ4v) is 2.65. The van der Waals surface area contributed by atoms with Crippen LogP contribution in [0.25, 0.3) is 0 Å². The second kappa shape index (κ2) is 8.50. The van der Waals surface area contributed by atoms with Crippen molar-refractivity contribution in [2.24, 2.45) is 0 Å². The molecule has 1 fully saturated rings. The van der Waals surface area contributed by atoms with E-state index in [4.69, 9.17) is 23.2 Å². The van der Waals surface area contributed by atoms with Gasteiger partial charge in [-0.05, 0) is 19.1 Å². The molecule has 2 rings (SSSR count). The number of piperazine rings is 1. The number of halogens is 5. The largest absolute Gasteiger partial charge is 0.314 e. The van der Waals surface area contributed by atoms with Crippen molar-refractivity contribution >= 4 is 48.0 Å². The van der Waals surface area contributed by atoms with Crippen LogP contribution >= 0.6 is 48.0 Å². The van der Waals surface area contributed by atoms with Crippen LogP contribution in [0.15, 0.2) is 12.1 Å². The minimum Gasteiger partial charge on any atom is -0.314 e. The molecule has 1 aliphatic heterocycles. The zero-order valence-electron chi connectivity index (χ0n) is 10.5. The van der Waals surface area contributed by atoms with Crippen molar-refractivity contribution < 1.29 is 4.39 Å². The Kier molecular flexibility index (Phi) is 8.60. The summed E-state index contributed by atoms with van der Waals surface area (Å²) in [6.07, 6.45) is 0. The maximum Gasteiger partial charge on any atom is 0.129 e. The Morgan fingerprint density at radius 2 is 1.79 bits per heavy atom. The van der Waals surface area contributed by atoms with Crippen molar-refractivity contribution in [1.29, 1.82) is 0 Å². The number of hydrogen-bond acceptors (Lipinski definition) is 2. The molecule has 1 atom stereocenters. The summed E-state index contributed by atoms with van der Waals surface area (Å²) >= 11 is 12.0. The SMILES string of the molecule is C[C@@H](c1c(F)ccc(Cl)c1Cl)N1CCNCC1.Cl.Cl. The van der Waals surface area contributed by atoms with Crippen molar-refractivity contribution in [3.05, 3.63) is 33.6 Å². The standard InChI is InChI=1S/C12H15Cl2FN2.2ClH/c1-8(17-6-4-16-5-7-17)11-10(15)3-2-9(13)12(11)14;;/h2-3,8,16H,4-7H2,1H3;2*1H/t8-;;/m0../s1. The molecule has 0 bridgehead atoms. The first-order valence-corrected chi connectivity index (χ1v) is 6.45. The van der Waals surface area contributed by atoms with Crippen molar-refractivity contribution in [1.82, 2.24) is 10.2 Å². The third kappa shape index (κ3) is 4.35. The Bertz CT molecular complexity index is 411. The van der Waals surface area contributed by atoms with Crippen LogP contribution < -0.4 is 5.32 Å². The van der Waals surface area contributed by atoms with E-state index in [9.17, 15) is 4.39 Å². The molecule has 0 unspecified atom stereocenters. The molecule has 0 radical (unpaired) electrons. The number of nitrogens with zero attached hydrogens (tertiary/aromatic N) is 1. The first kappa shape index (κ1) is 19.2. The molecule has 2 nitrogen and oxygen atoms in total. The van der Waals surface area contributed by atoms with E-state index in [1.165, 1.54) is 12.1 Å². The molecule has 0 amide bonds. The first-order chi connectivity index (χ1) is 8.11. The Labute approximate surface area is 135 Å². The third-order valence-electron chi connectivity index (χ3n) is 3.20. The molecule has 19 heavy (non-hydrogen) atoms. The van der Waals surface area contributed by atoms with E-state index < -0.39 is 0 Å². The van der Waals surface area contributed by atoms with E-state index in [1.54, 1.807) is 0 Å². The average Bonchev–Trinajstić information content (AvgIpc) is 2.35. The first-order valence-electron chi connectivity index (χ1n) is 5.69. The lowest BCUT2D eigenvalue weighted by atomic mass is 10.1. The Hall–Kier alpha value is 0.230. The minimum atomic E-state index is -0.287. The van der Waals surface area contributed by atoms with Gasteiger partial charge in [-0.2, -0.15) is 0 Å². The van der Waals surface area contributed by atoms with E-state index >= 15 is 0 Å². The summed E-state index contributed by atoms with van der Waals surface area (Å²) in [5.41, 5.74) is 0.501. The number of rotatable bonds is 2. The van der Waals surface area contributed by atoms with Crippen LogP contribution in [0.1, 0.15) is 18.5 Å². The van der Waals surface area contributed by atoms with Gasteiger partial charge in [0.2, 0.25) is 0 Å². The molecule has 1 saturated heterocycles. The number of nitrogens with one attached hydrogen (secondary N) is 1. The van der Waals surface area contributed by atoms with Gasteiger partial charge in [0.25, 0.3) is 0 Å². The van der Waals surface area contributed by atoms with Gasteiger partial charge in [0.1, 0.15) is 5.82 Å². The maximum atomic E-state index is 13.9. The predicted octanol–water partition coefficient (Wildman–Crippen LogP) is 3.94. The quantitative estimate of drug-likeness (QED) is 0.813. The Morgan fingerprint density at radius 1 is 1.21 bits per heavy atom. The topological polar surface area (TPSA) is 15.3 Å². The van der Waals surface area contributed by atoms with Gasteiger partial charge in [0, 0.05) is 37.8 Å². The van der Waals surface area contributed by atoms with Gasteiger partial charge < -0.3 is 5.32 Å². The summed E-state index contributed by atoms with van der Waals surface area (Å²) in [6, 6.07) is 2.82. The van der Waals surface area contributed by atoms with Crippen LogP contribution in [0, 0.1) is 5.82 Å². The maximum absolute atomic E-state index is 13.9. The van der Waals surface area contributed by atoms with Crippen molar-refractivity contribution in [2.75, 3.05) is 26.2 Å². The molecule has 7 heteroatoms. The molecule has 110 valence electrons. The van der Waals surface area contributed by atoms with Crippen LogP contribution in [0.2, 0.25) is 10.0 Å². The summed E-state index contributed by atoms with van der Waals surface area (Å²) in [5.74, 6) is -0.287. The van der Waals surface area contributed by atoms with Gasteiger partial charge in [-0.3, -0.25) is 4.90 Å². The monoisotopic (exact) mass is 348 g/mol. The van der Waals surface area contributed by atoms with Gasteiger partial charge in [-0.25, -0.2) is 4.39 Å². The fraction of sp³-hybridized carbons (Fsp3) is 0.500. The molecule has 0 saturated carbocycles. The average molecular weight is 350 g/mol. The molecule has 1 N–H and O–H groups in total. The summed E-state index contributed by atoms with van der Waals surface area (Å²) in [5, 5.41) is 4.01. The van der Waals surface area contributed by atoms with Crippen LogP contribution in [-0.2, 0) is 0 Å². The van der Waals surface area contributed by atoms with Crippen molar-refractivity contribution in [3.63, 3.8) is 0 Å². The Morgan fingerprint density at radius 3 is 2.37 bits per heavy atom. The van der Waals surface area contributed by atoms with Gasteiger partial charge in [-0.1, -0.05) is 23.2 Å². The second-order valence-electron chi connectivity index (χ2n) is 4.22. The third-order valence-corrected chi connectivity index (χ3v) is 4.02. The number of benzene rings is 1. The smallest absolute Gasteiger partial charge is 0.129 e. The van der Waals surface area contributed by atoms with E-state index in [1.807, 2.05) is 6.92 Å². The molecule has 1 aromatic rings. The Balaban J connectivity index is 0.00000162. The predicted molar refractivity (Wildman–Crippen MR) is 83.8 cm³/mol. The van der Waals surface area contributed by atoms with Crippen molar-refractivity contribution in [2.45, 2.75) is 13.0 Å². The molecule has 1 aromatic carbocycles. The highest BCUT2D eigenvalue weighted by atomic mass is 35.5. The van der Waals surface area contributed by atoms with E-state index in [2.05, 4.69) is 10.2 Å². The lowest BCUT2D eigenvalue weighted by Gasteiger charge is -2.33. The van der Waals surface area contributed by atoms with E-state index in [-0.39, 0.29) is 36.7 Å². The molecule has 1 heterocycles. The fourth-order valence-electron chi connectivity index (χ4n) is 2.18. The van der Waals surface area contributed by atoms with Gasteiger partial charge in [0.15, 0.2) is 0 Å². The molecular weight excluding hydrogens is 333 g/mol. The second-order valence-corrected chi connectivity index (χ2v) is 5.00. The van der Waals surface area contributed by atoms with Crippen LogP contribution in [0.3, 0.4) is 0 Å². The summed E-state index contributed by atoms with van der Waals surface area (Å²) in [6.45, 7) is 5.59. The lowest BCUT2D eigenvalue weighted by molar-refractivity contribution is 0.182. The van der Waals surface area contributed by atoms with E-state index in [0.29, 0.717) is 15.6 Å². The zero-order chi connectivity index (χ0) is 12.4. The highest BCUT2D eigenvalue weighted by Gasteiger charge is 2.23. The molecular formula is C12H17Cl4FN2. The normalized spacial score (nSPS) is 17.3. The lowest BCUT2D eigenvalue weighted by Crippen LogP contribution is -2.44. The minimum absolute atomic E-state index is 0. The van der Waals surface area contributed by atoms with Crippen LogP contribution in [-0.4, -0.2) is 31.1 Å². The van der Waals surface area contributed by atoms with E-state index in [0.717, 1.165) is 26.2 Å². The molecule has 1 aliphatic rings. The summed E-state index contributed by atoms with van der Waals surface area (Å²) < 4.78 is 13.9. The summed E-state index contributed by atoms with van der Waals surface area (Å²) in [7, 11) is 0. The van der Waals surface area contributed by atoms with Crippen molar-refractivity contribution in [3.8, 4) is 0 Å². The van der Waals surface area contributed by atoms with Gasteiger partial charge in [-0.15, -0.1) is 24.8 Å². The van der Waals surface area contributed by atoms with Crippen LogP contribution in [0.4, 0.5) is 4.39 Å².